The van der Waals surface area contributed by atoms with Crippen molar-refractivity contribution < 1.29 is 19.1 Å². The largest absolute Gasteiger partial charge is 0.480 e. The third-order valence-corrected chi connectivity index (χ3v) is 5.41. The van der Waals surface area contributed by atoms with Crippen molar-refractivity contribution in [3.05, 3.63) is 71.0 Å². The first kappa shape index (κ1) is 16.9. The maximum atomic E-state index is 12.8. The maximum absolute atomic E-state index is 12.8. The molecule has 1 atom stereocenters. The number of esters is 1. The Kier molecular flexibility index (Phi) is 3.38. The minimum Gasteiger partial charge on any atom is -0.480 e. The Hall–Kier alpha value is -3.28. The number of carbonyl (C=O) groups is 2. The minimum absolute atomic E-state index is 0.0299. The summed E-state index contributed by atoms with van der Waals surface area (Å²) in [6, 6.07) is 14.8. The van der Waals surface area contributed by atoms with Gasteiger partial charge in [0.25, 0.3) is 0 Å². The molecule has 5 rings (SSSR count). The standard InChI is InChI=1S/C22H20N2O4/c1-21(2)12-22(15-11-27-20(26)19(15)28-21)23-16-9-8-14(10-17(16)24-22)18(25)13-6-4-3-5-7-13/h3-10,23-24H,11-12H2,1-2H3. The fourth-order valence-corrected chi connectivity index (χ4v) is 4.25. The maximum Gasteiger partial charge on any atom is 0.374 e. The Balaban J connectivity index is 1.52. The van der Waals surface area contributed by atoms with E-state index < -0.39 is 17.2 Å². The van der Waals surface area contributed by atoms with E-state index in [0.717, 1.165) is 16.9 Å². The molecule has 2 aromatic rings. The van der Waals surface area contributed by atoms with Crippen LogP contribution in [0.25, 0.3) is 0 Å². The van der Waals surface area contributed by atoms with E-state index in [0.29, 0.717) is 17.5 Å². The molecule has 3 heterocycles. The topological polar surface area (TPSA) is 76.7 Å². The van der Waals surface area contributed by atoms with E-state index in [1.54, 1.807) is 0 Å². The number of carbonyl (C=O) groups excluding carboxylic acids is 2. The summed E-state index contributed by atoms with van der Waals surface area (Å²) in [4.78, 5) is 24.9. The van der Waals surface area contributed by atoms with Crippen LogP contribution in [-0.2, 0) is 14.3 Å². The number of hydrogen-bond donors (Lipinski definition) is 2. The predicted molar refractivity (Wildman–Crippen MR) is 104 cm³/mol. The number of ether oxygens (including phenoxy) is 2. The molecule has 3 aliphatic rings. The van der Waals surface area contributed by atoms with E-state index in [4.69, 9.17) is 9.47 Å². The summed E-state index contributed by atoms with van der Waals surface area (Å²) in [6.45, 7) is 4.08. The lowest BCUT2D eigenvalue weighted by Gasteiger charge is -2.42. The third-order valence-electron chi connectivity index (χ3n) is 5.41. The first-order valence-electron chi connectivity index (χ1n) is 9.27. The molecular weight excluding hydrogens is 356 g/mol. The lowest BCUT2D eigenvalue weighted by molar-refractivity contribution is -0.142. The van der Waals surface area contributed by atoms with Crippen LogP contribution in [0.5, 0.6) is 0 Å². The van der Waals surface area contributed by atoms with Crippen molar-refractivity contribution in [1.82, 2.24) is 0 Å². The molecule has 0 saturated heterocycles. The van der Waals surface area contributed by atoms with E-state index in [9.17, 15) is 9.59 Å². The van der Waals surface area contributed by atoms with E-state index >= 15 is 0 Å². The number of fused-ring (bicyclic) bond motifs is 2. The summed E-state index contributed by atoms with van der Waals surface area (Å²) in [5.41, 5.74) is 2.52. The van der Waals surface area contributed by atoms with Gasteiger partial charge >= 0.3 is 5.97 Å². The lowest BCUT2D eigenvalue weighted by Crippen LogP contribution is -2.53. The van der Waals surface area contributed by atoms with Gasteiger partial charge < -0.3 is 20.1 Å². The van der Waals surface area contributed by atoms with Crippen molar-refractivity contribution in [2.75, 3.05) is 17.2 Å². The summed E-state index contributed by atoms with van der Waals surface area (Å²) >= 11 is 0. The minimum atomic E-state index is -0.667. The highest BCUT2D eigenvalue weighted by Crippen LogP contribution is 2.48. The second-order valence-corrected chi connectivity index (χ2v) is 8.03. The quantitative estimate of drug-likeness (QED) is 0.617. The molecule has 0 bridgehead atoms. The van der Waals surface area contributed by atoms with Gasteiger partial charge in [-0.05, 0) is 32.0 Å². The number of rotatable bonds is 2. The molecule has 0 amide bonds. The first-order valence-corrected chi connectivity index (χ1v) is 9.27. The molecule has 3 aliphatic heterocycles. The lowest BCUT2D eigenvalue weighted by atomic mass is 9.85. The average molecular weight is 376 g/mol. The highest BCUT2D eigenvalue weighted by Gasteiger charge is 2.54. The van der Waals surface area contributed by atoms with Crippen LogP contribution in [0.4, 0.5) is 11.4 Å². The van der Waals surface area contributed by atoms with E-state index in [2.05, 4.69) is 10.6 Å². The van der Waals surface area contributed by atoms with Gasteiger partial charge in [-0.25, -0.2) is 4.79 Å². The number of hydrogen-bond acceptors (Lipinski definition) is 6. The number of ketones is 1. The molecule has 6 nitrogen and oxygen atoms in total. The summed E-state index contributed by atoms with van der Waals surface area (Å²) in [5, 5.41) is 7.02. The van der Waals surface area contributed by atoms with Gasteiger partial charge in [0.05, 0.1) is 16.9 Å². The molecule has 2 N–H and O–H groups in total. The van der Waals surface area contributed by atoms with Crippen molar-refractivity contribution in [1.29, 1.82) is 0 Å². The van der Waals surface area contributed by atoms with Gasteiger partial charge in [0.2, 0.25) is 5.76 Å². The summed E-state index contributed by atoms with van der Waals surface area (Å²) in [7, 11) is 0. The third kappa shape index (κ3) is 2.48. The highest BCUT2D eigenvalue weighted by atomic mass is 16.6. The normalized spacial score (nSPS) is 24.0. The van der Waals surface area contributed by atoms with Crippen LogP contribution in [0.2, 0.25) is 0 Å². The summed E-state index contributed by atoms with van der Waals surface area (Å²) in [6.07, 6.45) is 0.603. The monoisotopic (exact) mass is 376 g/mol. The van der Waals surface area contributed by atoms with Gasteiger partial charge in [-0.3, -0.25) is 4.79 Å². The Labute approximate surface area is 162 Å². The number of anilines is 2. The molecule has 0 saturated carbocycles. The van der Waals surface area contributed by atoms with Crippen molar-refractivity contribution >= 4 is 23.1 Å². The molecule has 1 spiro atoms. The SMILES string of the molecule is CC1(C)CC2(Nc3ccc(C(=O)c4ccccc4)cc3N2)C2=C(O1)C(=O)OC2. The predicted octanol–water partition coefficient (Wildman–Crippen LogP) is 3.46. The highest BCUT2D eigenvalue weighted by molar-refractivity contribution is 6.10. The van der Waals surface area contributed by atoms with E-state index in [1.807, 2.05) is 62.4 Å². The molecule has 28 heavy (non-hydrogen) atoms. The van der Waals surface area contributed by atoms with Gasteiger partial charge in [-0.2, -0.15) is 0 Å². The second kappa shape index (κ2) is 5.61. The van der Waals surface area contributed by atoms with E-state index in [1.165, 1.54) is 0 Å². The Bertz CT molecular complexity index is 1040. The Morgan fingerprint density at radius 3 is 2.54 bits per heavy atom. The van der Waals surface area contributed by atoms with Crippen LogP contribution in [0.15, 0.2) is 59.9 Å². The number of benzene rings is 2. The molecular formula is C22H20N2O4. The van der Waals surface area contributed by atoms with Crippen molar-refractivity contribution in [3.63, 3.8) is 0 Å². The molecule has 0 aliphatic carbocycles. The van der Waals surface area contributed by atoms with Gasteiger partial charge in [0, 0.05) is 17.5 Å². The number of cyclic esters (lactones) is 1. The van der Waals surface area contributed by atoms with Gasteiger partial charge in [-0.1, -0.05) is 30.3 Å². The molecule has 1 unspecified atom stereocenters. The smallest absolute Gasteiger partial charge is 0.374 e. The fraction of sp³-hybridized carbons (Fsp3) is 0.273. The first-order chi connectivity index (χ1) is 13.4. The zero-order valence-corrected chi connectivity index (χ0v) is 15.7. The summed E-state index contributed by atoms with van der Waals surface area (Å²) in [5.74, 6) is -0.177. The van der Waals surface area contributed by atoms with Crippen LogP contribution in [0.3, 0.4) is 0 Å². The van der Waals surface area contributed by atoms with Crippen LogP contribution >= 0.6 is 0 Å². The van der Waals surface area contributed by atoms with Crippen molar-refractivity contribution in [2.24, 2.45) is 0 Å². The molecule has 0 radical (unpaired) electrons. The van der Waals surface area contributed by atoms with Gasteiger partial charge in [0.15, 0.2) is 5.78 Å². The fourth-order valence-electron chi connectivity index (χ4n) is 4.25. The van der Waals surface area contributed by atoms with Crippen molar-refractivity contribution in [3.8, 4) is 0 Å². The molecule has 2 aromatic carbocycles. The van der Waals surface area contributed by atoms with E-state index in [-0.39, 0.29) is 18.1 Å². The van der Waals surface area contributed by atoms with Crippen LogP contribution < -0.4 is 10.6 Å². The van der Waals surface area contributed by atoms with Crippen LogP contribution in [0.1, 0.15) is 36.2 Å². The Morgan fingerprint density at radius 2 is 1.75 bits per heavy atom. The average Bonchev–Trinajstić information content (AvgIpc) is 3.21. The second-order valence-electron chi connectivity index (χ2n) is 8.03. The number of nitrogens with one attached hydrogen (secondary N) is 2. The summed E-state index contributed by atoms with van der Waals surface area (Å²) < 4.78 is 11.1. The van der Waals surface area contributed by atoms with Crippen LogP contribution in [-0.4, -0.2) is 29.6 Å². The zero-order valence-electron chi connectivity index (χ0n) is 15.7. The molecule has 6 heteroatoms. The molecule has 142 valence electrons. The van der Waals surface area contributed by atoms with Crippen molar-refractivity contribution in [2.45, 2.75) is 31.5 Å². The Morgan fingerprint density at radius 1 is 1.00 bits per heavy atom. The van der Waals surface area contributed by atoms with Gasteiger partial charge in [-0.15, -0.1) is 0 Å². The molecule has 0 aromatic heterocycles. The van der Waals surface area contributed by atoms with Gasteiger partial charge in [0.1, 0.15) is 17.9 Å². The molecule has 0 fully saturated rings. The zero-order chi connectivity index (χ0) is 19.5. The van der Waals surface area contributed by atoms with Crippen LogP contribution in [0, 0.1) is 0 Å².